The number of hydrogen-bond acceptors (Lipinski definition) is 4. The van der Waals surface area contributed by atoms with E-state index < -0.39 is 0 Å². The highest BCUT2D eigenvalue weighted by molar-refractivity contribution is 7.15. The highest BCUT2D eigenvalue weighted by atomic mass is 32.1. The molecule has 0 unspecified atom stereocenters. The molecule has 0 atom stereocenters. The fourth-order valence-electron chi connectivity index (χ4n) is 2.00. The maximum atomic E-state index is 4.52. The van der Waals surface area contributed by atoms with Crippen molar-refractivity contribution in [3.63, 3.8) is 0 Å². The fourth-order valence-corrected chi connectivity index (χ4v) is 2.93. The minimum absolute atomic E-state index is 0.972. The van der Waals surface area contributed by atoms with E-state index in [1.807, 2.05) is 17.5 Å². The summed E-state index contributed by atoms with van der Waals surface area (Å²) in [5.74, 6) is 0. The molecule has 1 aliphatic rings. The lowest BCUT2D eigenvalue weighted by molar-refractivity contribution is 0.577. The number of piperidine rings is 1. The number of thiazole rings is 1. The van der Waals surface area contributed by atoms with E-state index in [0.717, 1.165) is 13.1 Å². The Morgan fingerprint density at radius 1 is 1.38 bits per heavy atom. The summed E-state index contributed by atoms with van der Waals surface area (Å²) in [6.07, 6.45) is 7.24. The number of anilines is 1. The van der Waals surface area contributed by atoms with Crippen molar-refractivity contribution in [3.8, 4) is 0 Å². The number of nitrogens with zero attached hydrogens (tertiary/aromatic N) is 2. The van der Waals surface area contributed by atoms with Crippen LogP contribution < -0.4 is 10.2 Å². The van der Waals surface area contributed by atoms with Gasteiger partial charge in [-0.1, -0.05) is 6.92 Å². The third kappa shape index (κ3) is 3.19. The topological polar surface area (TPSA) is 28.2 Å². The average molecular weight is 239 g/mol. The van der Waals surface area contributed by atoms with E-state index in [-0.39, 0.29) is 0 Å². The molecule has 1 fully saturated rings. The van der Waals surface area contributed by atoms with Crippen molar-refractivity contribution < 1.29 is 0 Å². The Hall–Kier alpha value is -0.610. The van der Waals surface area contributed by atoms with E-state index in [1.165, 1.54) is 48.8 Å². The largest absolute Gasteiger partial charge is 0.348 e. The van der Waals surface area contributed by atoms with Gasteiger partial charge in [-0.15, -0.1) is 11.3 Å². The summed E-state index contributed by atoms with van der Waals surface area (Å²) in [6.45, 7) is 6.64. The molecule has 4 heteroatoms. The molecule has 2 rings (SSSR count). The highest BCUT2D eigenvalue weighted by Gasteiger charge is 2.13. The molecule has 0 amide bonds. The predicted molar refractivity (Wildman–Crippen MR) is 70.2 cm³/mol. The van der Waals surface area contributed by atoms with Gasteiger partial charge in [-0.2, -0.15) is 0 Å². The van der Waals surface area contributed by atoms with Crippen LogP contribution in [0.25, 0.3) is 0 Å². The van der Waals surface area contributed by atoms with Crippen LogP contribution in [-0.2, 0) is 6.54 Å². The van der Waals surface area contributed by atoms with Crippen LogP contribution in [0.2, 0.25) is 0 Å². The molecule has 1 aromatic rings. The van der Waals surface area contributed by atoms with Crippen molar-refractivity contribution in [1.29, 1.82) is 0 Å². The first-order chi connectivity index (χ1) is 7.90. The van der Waals surface area contributed by atoms with Crippen molar-refractivity contribution in [2.75, 3.05) is 24.5 Å². The van der Waals surface area contributed by atoms with Crippen LogP contribution in [0.5, 0.6) is 0 Å². The summed E-state index contributed by atoms with van der Waals surface area (Å²) in [7, 11) is 0. The van der Waals surface area contributed by atoms with Gasteiger partial charge in [0.05, 0.1) is 0 Å². The first-order valence-electron chi connectivity index (χ1n) is 6.30. The summed E-state index contributed by atoms with van der Waals surface area (Å²) in [6, 6.07) is 0. The van der Waals surface area contributed by atoms with Crippen LogP contribution in [0, 0.1) is 0 Å². The van der Waals surface area contributed by atoms with Gasteiger partial charge in [-0.3, -0.25) is 0 Å². The van der Waals surface area contributed by atoms with Gasteiger partial charge in [0, 0.05) is 30.7 Å². The summed E-state index contributed by atoms with van der Waals surface area (Å²) < 4.78 is 0. The van der Waals surface area contributed by atoms with Gasteiger partial charge >= 0.3 is 0 Å². The third-order valence-electron chi connectivity index (χ3n) is 2.89. The fraction of sp³-hybridized carbons (Fsp3) is 0.750. The van der Waals surface area contributed by atoms with Crippen LogP contribution in [0.1, 0.15) is 37.5 Å². The van der Waals surface area contributed by atoms with E-state index in [4.69, 9.17) is 0 Å². The monoisotopic (exact) mass is 239 g/mol. The zero-order chi connectivity index (χ0) is 11.2. The Labute approximate surface area is 102 Å². The predicted octanol–water partition coefficient (Wildman–Crippen LogP) is 2.63. The zero-order valence-electron chi connectivity index (χ0n) is 10.0. The molecule has 2 heterocycles. The van der Waals surface area contributed by atoms with Gasteiger partial charge in [0.25, 0.3) is 0 Å². The second-order valence-corrected chi connectivity index (χ2v) is 5.43. The first kappa shape index (κ1) is 11.9. The maximum Gasteiger partial charge on any atom is 0.185 e. The van der Waals surface area contributed by atoms with Crippen molar-refractivity contribution >= 4 is 16.5 Å². The minimum Gasteiger partial charge on any atom is -0.348 e. The molecular formula is C12H21N3S. The van der Waals surface area contributed by atoms with Crippen molar-refractivity contribution in [1.82, 2.24) is 10.3 Å². The molecule has 3 nitrogen and oxygen atoms in total. The van der Waals surface area contributed by atoms with E-state index in [9.17, 15) is 0 Å². The number of rotatable bonds is 5. The van der Waals surface area contributed by atoms with Gasteiger partial charge in [0.15, 0.2) is 5.13 Å². The molecule has 1 N–H and O–H groups in total. The molecule has 90 valence electrons. The summed E-state index contributed by atoms with van der Waals surface area (Å²) in [5, 5.41) is 4.64. The summed E-state index contributed by atoms with van der Waals surface area (Å²) in [4.78, 5) is 8.31. The summed E-state index contributed by atoms with van der Waals surface area (Å²) >= 11 is 1.84. The Morgan fingerprint density at radius 2 is 2.19 bits per heavy atom. The quantitative estimate of drug-likeness (QED) is 0.801. The van der Waals surface area contributed by atoms with Gasteiger partial charge in [-0.25, -0.2) is 4.98 Å². The van der Waals surface area contributed by atoms with Crippen molar-refractivity contribution in [2.45, 2.75) is 39.2 Å². The molecule has 0 aromatic carbocycles. The normalized spacial score (nSPS) is 16.7. The molecular weight excluding hydrogens is 218 g/mol. The smallest absolute Gasteiger partial charge is 0.185 e. The lowest BCUT2D eigenvalue weighted by atomic mass is 10.1. The van der Waals surface area contributed by atoms with E-state index in [0.29, 0.717) is 0 Å². The van der Waals surface area contributed by atoms with E-state index in [2.05, 4.69) is 22.1 Å². The molecule has 0 spiro atoms. The Balaban J connectivity index is 1.85. The maximum absolute atomic E-state index is 4.52. The van der Waals surface area contributed by atoms with E-state index in [1.54, 1.807) is 0 Å². The van der Waals surface area contributed by atoms with Crippen LogP contribution in [0.15, 0.2) is 6.20 Å². The zero-order valence-corrected chi connectivity index (χ0v) is 10.9. The van der Waals surface area contributed by atoms with E-state index >= 15 is 0 Å². The standard InChI is InChI=1S/C12H21N3S/c1-2-6-13-9-11-10-14-12(16-11)15-7-4-3-5-8-15/h10,13H,2-9H2,1H3. The molecule has 1 saturated heterocycles. The molecule has 0 aliphatic carbocycles. The first-order valence-corrected chi connectivity index (χ1v) is 7.12. The van der Waals surface area contributed by atoms with Gasteiger partial charge in [-0.05, 0) is 32.2 Å². The number of aromatic nitrogens is 1. The second-order valence-electron chi connectivity index (χ2n) is 4.33. The Kier molecular flexibility index (Phi) is 4.60. The highest BCUT2D eigenvalue weighted by Crippen LogP contribution is 2.25. The molecule has 0 radical (unpaired) electrons. The van der Waals surface area contributed by atoms with Gasteiger partial charge < -0.3 is 10.2 Å². The van der Waals surface area contributed by atoms with Gasteiger partial charge in [0.2, 0.25) is 0 Å². The molecule has 1 aromatic heterocycles. The third-order valence-corrected chi connectivity index (χ3v) is 3.95. The van der Waals surface area contributed by atoms with Crippen LogP contribution in [-0.4, -0.2) is 24.6 Å². The van der Waals surface area contributed by atoms with Crippen molar-refractivity contribution in [3.05, 3.63) is 11.1 Å². The van der Waals surface area contributed by atoms with Gasteiger partial charge in [0.1, 0.15) is 0 Å². The SMILES string of the molecule is CCCNCc1cnc(N2CCCCC2)s1. The second kappa shape index (κ2) is 6.21. The lowest BCUT2D eigenvalue weighted by Gasteiger charge is -2.25. The number of nitrogens with one attached hydrogen (secondary N) is 1. The Bertz CT molecular complexity index is 305. The molecule has 0 saturated carbocycles. The minimum atomic E-state index is 0.972. The van der Waals surface area contributed by atoms with Crippen LogP contribution in [0.3, 0.4) is 0 Å². The molecule has 1 aliphatic heterocycles. The number of hydrogen-bond donors (Lipinski definition) is 1. The summed E-state index contributed by atoms with van der Waals surface area (Å²) in [5.41, 5.74) is 0. The lowest BCUT2D eigenvalue weighted by Crippen LogP contribution is -2.29. The molecule has 16 heavy (non-hydrogen) atoms. The van der Waals surface area contributed by atoms with Crippen LogP contribution in [0.4, 0.5) is 5.13 Å². The van der Waals surface area contributed by atoms with Crippen molar-refractivity contribution in [2.24, 2.45) is 0 Å². The van der Waals surface area contributed by atoms with Crippen LogP contribution >= 0.6 is 11.3 Å². The average Bonchev–Trinajstić information content (AvgIpc) is 2.79. The Morgan fingerprint density at radius 3 is 2.94 bits per heavy atom. The molecule has 0 bridgehead atoms.